The van der Waals surface area contributed by atoms with Gasteiger partial charge < -0.3 is 14.6 Å². The maximum absolute atomic E-state index is 12.2. The average Bonchev–Trinajstić information content (AvgIpc) is 3.03. The Hall–Kier alpha value is -3.01. The standard InChI is InChI=1S/C15H17N5O5/c1-9(16-2)5-13-17-14(25-18-13)7-19-11-6-10(20(22)23)3-4-12(11)24-8-15(19)21/h3-4,6,9,16H,5,7-8H2,1-2H3. The molecule has 2 aromatic rings. The molecule has 1 N–H and O–H groups in total. The maximum atomic E-state index is 12.2. The Kier molecular flexibility index (Phi) is 4.61. The molecule has 1 amide bonds. The predicted octanol–water partition coefficient (Wildman–Crippen LogP) is 1.05. The van der Waals surface area contributed by atoms with Crippen LogP contribution in [-0.2, 0) is 17.8 Å². The molecule has 0 bridgehead atoms. The van der Waals surface area contributed by atoms with Gasteiger partial charge in [0.25, 0.3) is 11.6 Å². The molecule has 1 aromatic heterocycles. The second-order valence-electron chi connectivity index (χ2n) is 5.68. The van der Waals surface area contributed by atoms with Gasteiger partial charge in [-0.15, -0.1) is 0 Å². The third-order valence-corrected chi connectivity index (χ3v) is 3.88. The number of carbonyl (C=O) groups is 1. The Morgan fingerprint density at radius 1 is 1.48 bits per heavy atom. The zero-order valence-corrected chi connectivity index (χ0v) is 13.8. The number of rotatable bonds is 6. The molecule has 0 fully saturated rings. The minimum atomic E-state index is -0.526. The Morgan fingerprint density at radius 2 is 2.28 bits per heavy atom. The van der Waals surface area contributed by atoms with E-state index in [2.05, 4.69) is 15.5 Å². The fraction of sp³-hybridized carbons (Fsp3) is 0.400. The van der Waals surface area contributed by atoms with Crippen molar-refractivity contribution >= 4 is 17.3 Å². The molecule has 0 saturated heterocycles. The van der Waals surface area contributed by atoms with Crippen molar-refractivity contribution in [3.8, 4) is 5.75 Å². The highest BCUT2D eigenvalue weighted by Crippen LogP contribution is 2.35. The number of fused-ring (bicyclic) bond motifs is 1. The van der Waals surface area contributed by atoms with E-state index in [9.17, 15) is 14.9 Å². The number of carbonyl (C=O) groups excluding carboxylic acids is 1. The number of likely N-dealkylation sites (N-methyl/N-ethyl adjacent to an activating group) is 1. The molecule has 1 aliphatic heterocycles. The second kappa shape index (κ2) is 6.85. The van der Waals surface area contributed by atoms with Crippen molar-refractivity contribution < 1.29 is 19.0 Å². The Balaban J connectivity index is 1.84. The van der Waals surface area contributed by atoms with Crippen molar-refractivity contribution in [1.29, 1.82) is 0 Å². The fourth-order valence-electron chi connectivity index (χ4n) is 2.43. The summed E-state index contributed by atoms with van der Waals surface area (Å²) in [6.45, 7) is 1.86. The molecule has 0 radical (unpaired) electrons. The summed E-state index contributed by atoms with van der Waals surface area (Å²) in [5.41, 5.74) is 0.185. The van der Waals surface area contributed by atoms with Crippen LogP contribution in [0.4, 0.5) is 11.4 Å². The summed E-state index contributed by atoms with van der Waals surface area (Å²) in [6.07, 6.45) is 0.582. The van der Waals surface area contributed by atoms with Crippen molar-refractivity contribution in [1.82, 2.24) is 15.5 Å². The SMILES string of the molecule is CNC(C)Cc1noc(CN2C(=O)COc3ccc([N+](=O)[O-])cc32)n1. The smallest absolute Gasteiger partial charge is 0.271 e. The van der Waals surface area contributed by atoms with Gasteiger partial charge in [0.15, 0.2) is 12.4 Å². The molecule has 0 spiro atoms. The number of aromatic nitrogens is 2. The number of hydrogen-bond acceptors (Lipinski definition) is 8. The van der Waals surface area contributed by atoms with E-state index >= 15 is 0 Å². The summed E-state index contributed by atoms with van der Waals surface area (Å²) in [5.74, 6) is 0.841. The molecule has 1 unspecified atom stereocenters. The van der Waals surface area contributed by atoms with E-state index in [0.29, 0.717) is 23.7 Å². The van der Waals surface area contributed by atoms with Crippen LogP contribution in [0.25, 0.3) is 0 Å². The largest absolute Gasteiger partial charge is 0.482 e. The molecule has 2 heterocycles. The summed E-state index contributed by atoms with van der Waals surface area (Å²) < 4.78 is 10.5. The van der Waals surface area contributed by atoms with Crippen molar-refractivity contribution in [2.45, 2.75) is 25.9 Å². The van der Waals surface area contributed by atoms with Gasteiger partial charge in [0, 0.05) is 24.6 Å². The summed E-state index contributed by atoms with van der Waals surface area (Å²) in [6, 6.07) is 4.28. The number of nitro benzene ring substituents is 1. The lowest BCUT2D eigenvalue weighted by Crippen LogP contribution is -2.38. The lowest BCUT2D eigenvalue weighted by Gasteiger charge is -2.27. The highest BCUT2D eigenvalue weighted by atomic mass is 16.6. The number of amides is 1. The lowest BCUT2D eigenvalue weighted by molar-refractivity contribution is -0.384. The number of hydrogen-bond donors (Lipinski definition) is 1. The van der Waals surface area contributed by atoms with Crippen LogP contribution in [-0.4, -0.2) is 40.7 Å². The normalized spacial score (nSPS) is 14.8. The van der Waals surface area contributed by atoms with Crippen LogP contribution in [0.15, 0.2) is 22.7 Å². The topological polar surface area (TPSA) is 124 Å². The molecule has 0 saturated carbocycles. The maximum Gasteiger partial charge on any atom is 0.271 e. The quantitative estimate of drug-likeness (QED) is 0.607. The zero-order valence-electron chi connectivity index (χ0n) is 13.8. The third-order valence-electron chi connectivity index (χ3n) is 3.88. The van der Waals surface area contributed by atoms with Crippen LogP contribution in [0, 0.1) is 10.1 Å². The minimum Gasteiger partial charge on any atom is -0.482 e. The molecule has 1 aliphatic rings. The van der Waals surface area contributed by atoms with Crippen LogP contribution in [0.5, 0.6) is 5.75 Å². The number of non-ortho nitro benzene ring substituents is 1. The van der Waals surface area contributed by atoms with Crippen LogP contribution in [0.3, 0.4) is 0 Å². The highest BCUT2D eigenvalue weighted by molar-refractivity contribution is 5.98. The van der Waals surface area contributed by atoms with E-state index in [1.165, 1.54) is 23.1 Å². The van der Waals surface area contributed by atoms with Gasteiger partial charge in [-0.25, -0.2) is 0 Å². The van der Waals surface area contributed by atoms with Crippen molar-refractivity contribution in [2.75, 3.05) is 18.6 Å². The molecular formula is C15H17N5O5. The number of nitro groups is 1. The first-order valence-corrected chi connectivity index (χ1v) is 7.68. The van der Waals surface area contributed by atoms with Gasteiger partial charge >= 0.3 is 0 Å². The van der Waals surface area contributed by atoms with Crippen LogP contribution >= 0.6 is 0 Å². The highest BCUT2D eigenvalue weighted by Gasteiger charge is 2.29. The van der Waals surface area contributed by atoms with E-state index in [0.717, 1.165) is 0 Å². The molecule has 10 nitrogen and oxygen atoms in total. The monoisotopic (exact) mass is 347 g/mol. The van der Waals surface area contributed by atoms with Crippen molar-refractivity contribution in [3.63, 3.8) is 0 Å². The molecule has 1 atom stereocenters. The van der Waals surface area contributed by atoms with Crippen molar-refractivity contribution in [3.05, 3.63) is 40.0 Å². The Labute approximate surface area is 142 Å². The number of nitrogens with one attached hydrogen (secondary N) is 1. The summed E-state index contributed by atoms with van der Waals surface area (Å²) in [5, 5.41) is 17.9. The van der Waals surface area contributed by atoms with Gasteiger partial charge in [0.2, 0.25) is 5.89 Å². The van der Waals surface area contributed by atoms with Gasteiger partial charge in [-0.2, -0.15) is 4.98 Å². The molecule has 1 aromatic carbocycles. The summed E-state index contributed by atoms with van der Waals surface area (Å²) in [4.78, 5) is 28.3. The Morgan fingerprint density at radius 3 is 3.00 bits per heavy atom. The van der Waals surface area contributed by atoms with E-state index in [1.54, 1.807) is 0 Å². The van der Waals surface area contributed by atoms with E-state index in [-0.39, 0.29) is 36.7 Å². The first-order chi connectivity index (χ1) is 12.0. The van der Waals surface area contributed by atoms with Gasteiger partial charge in [-0.1, -0.05) is 5.16 Å². The molecule has 132 valence electrons. The van der Waals surface area contributed by atoms with Crippen LogP contribution < -0.4 is 15.0 Å². The number of anilines is 1. The van der Waals surface area contributed by atoms with E-state index in [1.807, 2.05) is 14.0 Å². The number of benzene rings is 1. The molecular weight excluding hydrogens is 330 g/mol. The molecule has 10 heteroatoms. The zero-order chi connectivity index (χ0) is 18.0. The molecule has 0 aliphatic carbocycles. The first-order valence-electron chi connectivity index (χ1n) is 7.68. The third kappa shape index (κ3) is 3.58. The molecule has 3 rings (SSSR count). The lowest BCUT2D eigenvalue weighted by atomic mass is 10.2. The van der Waals surface area contributed by atoms with E-state index < -0.39 is 4.92 Å². The average molecular weight is 347 g/mol. The van der Waals surface area contributed by atoms with Gasteiger partial charge in [0.1, 0.15) is 12.3 Å². The number of ether oxygens (including phenoxy) is 1. The van der Waals surface area contributed by atoms with Crippen molar-refractivity contribution in [2.24, 2.45) is 0 Å². The molecule has 25 heavy (non-hydrogen) atoms. The minimum absolute atomic E-state index is 0.0251. The van der Waals surface area contributed by atoms with Crippen LogP contribution in [0.1, 0.15) is 18.6 Å². The Bertz CT molecular complexity index is 805. The summed E-state index contributed by atoms with van der Waals surface area (Å²) >= 11 is 0. The van der Waals surface area contributed by atoms with E-state index in [4.69, 9.17) is 9.26 Å². The predicted molar refractivity (Wildman–Crippen MR) is 86.3 cm³/mol. The van der Waals surface area contributed by atoms with Crippen LogP contribution in [0.2, 0.25) is 0 Å². The summed E-state index contributed by atoms with van der Waals surface area (Å²) in [7, 11) is 1.84. The first kappa shape index (κ1) is 16.8. The van der Waals surface area contributed by atoms with Gasteiger partial charge in [-0.3, -0.25) is 19.8 Å². The van der Waals surface area contributed by atoms with Gasteiger partial charge in [0.05, 0.1) is 10.6 Å². The second-order valence-corrected chi connectivity index (χ2v) is 5.68. The fourth-order valence-corrected chi connectivity index (χ4v) is 2.43. The number of nitrogens with zero attached hydrogens (tertiary/aromatic N) is 4. The van der Waals surface area contributed by atoms with Gasteiger partial charge in [-0.05, 0) is 20.0 Å².